The van der Waals surface area contributed by atoms with Crippen molar-refractivity contribution in [1.82, 2.24) is 4.90 Å². The van der Waals surface area contributed by atoms with Crippen LogP contribution in [0.15, 0.2) is 30.3 Å². The zero-order chi connectivity index (χ0) is 24.5. The lowest BCUT2D eigenvalue weighted by Crippen LogP contribution is -2.71. The number of nitro groups is 1. The van der Waals surface area contributed by atoms with Crippen LogP contribution in [0, 0.1) is 37.1 Å². The molecule has 1 aliphatic heterocycles. The molecule has 2 aromatic carbocycles. The summed E-state index contributed by atoms with van der Waals surface area (Å²) in [7, 11) is 0. The normalized spacial score (nSPS) is 15.8. The highest BCUT2D eigenvalue weighted by molar-refractivity contribution is 14.1. The Morgan fingerprint density at radius 2 is 1.94 bits per heavy atom. The second-order valence-electron chi connectivity index (χ2n) is 8.28. The van der Waals surface area contributed by atoms with Crippen LogP contribution in [0.5, 0.6) is 0 Å². The van der Waals surface area contributed by atoms with Gasteiger partial charge in [-0.1, -0.05) is 13.8 Å². The average molecular weight is 579 g/mol. The number of hydrogen-bond donors (Lipinski definition) is 2. The second-order valence-corrected chi connectivity index (χ2v) is 9.53. The molecule has 0 saturated carbocycles. The molecule has 12 heteroatoms. The van der Waals surface area contributed by atoms with Gasteiger partial charge in [-0.3, -0.25) is 20.2 Å². The van der Waals surface area contributed by atoms with Crippen LogP contribution in [0.3, 0.4) is 0 Å². The predicted octanol–water partition coefficient (Wildman–Crippen LogP) is 4.83. The molecule has 1 amide bonds. The van der Waals surface area contributed by atoms with E-state index in [-0.39, 0.29) is 36.7 Å². The summed E-state index contributed by atoms with van der Waals surface area (Å²) in [5.74, 6) is -4.23. The number of hydrogen-bond acceptors (Lipinski definition) is 6. The first-order valence-corrected chi connectivity index (χ1v) is 11.0. The molecule has 1 fully saturated rings. The van der Waals surface area contributed by atoms with Gasteiger partial charge >= 0.3 is 0 Å². The molecule has 3 rings (SSSR count). The van der Waals surface area contributed by atoms with E-state index in [1.807, 2.05) is 22.6 Å². The summed E-state index contributed by atoms with van der Waals surface area (Å²) in [6.07, 6.45) is 0.0969. The summed E-state index contributed by atoms with van der Waals surface area (Å²) in [5, 5.41) is 23.4. The Balaban J connectivity index is 1.89. The lowest BCUT2D eigenvalue weighted by atomic mass is 9.81. The lowest BCUT2D eigenvalue weighted by Gasteiger charge is -2.48. The molecule has 33 heavy (non-hydrogen) atoms. The van der Waals surface area contributed by atoms with Crippen LogP contribution in [0.25, 0.3) is 0 Å². The average Bonchev–Trinajstić information content (AvgIpc) is 2.71. The number of carbonyl (C=O) groups excluding carboxylic acids is 1. The van der Waals surface area contributed by atoms with Crippen LogP contribution in [0.1, 0.15) is 30.6 Å². The highest BCUT2D eigenvalue weighted by atomic mass is 127. The molecule has 0 bridgehead atoms. The quantitative estimate of drug-likeness (QED) is 0.201. The Labute approximate surface area is 200 Å². The van der Waals surface area contributed by atoms with Gasteiger partial charge in [0.1, 0.15) is 5.82 Å². The topological polar surface area (TPSA) is 105 Å². The van der Waals surface area contributed by atoms with E-state index in [9.17, 15) is 33.3 Å². The SMILES string of the molecule is CC(C)CC([N+](=O)[O-])C1(OO)CN(C(=O)c2ccc(F)c(F)c2Nc2ccc(I)cc2F)C1. The zero-order valence-electron chi connectivity index (χ0n) is 17.6. The van der Waals surface area contributed by atoms with E-state index in [1.165, 1.54) is 12.1 Å². The maximum Gasteiger partial charge on any atom is 0.256 e. The third-order valence-electron chi connectivity index (χ3n) is 5.46. The van der Waals surface area contributed by atoms with Gasteiger partial charge in [0.2, 0.25) is 11.6 Å². The molecule has 1 heterocycles. The fraction of sp³-hybridized carbons (Fsp3) is 0.381. The molecule has 1 aliphatic rings. The molecule has 0 aromatic heterocycles. The maximum atomic E-state index is 14.6. The van der Waals surface area contributed by atoms with Crippen molar-refractivity contribution in [2.24, 2.45) is 5.92 Å². The van der Waals surface area contributed by atoms with E-state index in [4.69, 9.17) is 0 Å². The first kappa shape index (κ1) is 25.2. The molecule has 178 valence electrons. The number of amides is 1. The van der Waals surface area contributed by atoms with E-state index in [1.54, 1.807) is 19.9 Å². The molecular formula is C21H21F3IN3O5. The monoisotopic (exact) mass is 579 g/mol. The van der Waals surface area contributed by atoms with E-state index in [2.05, 4.69) is 10.2 Å². The van der Waals surface area contributed by atoms with Gasteiger partial charge in [0.25, 0.3) is 5.91 Å². The Kier molecular flexibility index (Phi) is 7.49. The summed E-state index contributed by atoms with van der Waals surface area (Å²) in [4.78, 5) is 29.6. The predicted molar refractivity (Wildman–Crippen MR) is 121 cm³/mol. The third-order valence-corrected chi connectivity index (χ3v) is 6.13. The highest BCUT2D eigenvalue weighted by Gasteiger charge is 2.59. The van der Waals surface area contributed by atoms with Crippen molar-refractivity contribution in [2.45, 2.75) is 31.9 Å². The van der Waals surface area contributed by atoms with Crippen molar-refractivity contribution >= 4 is 39.9 Å². The zero-order valence-corrected chi connectivity index (χ0v) is 19.8. The summed E-state index contributed by atoms with van der Waals surface area (Å²) in [6, 6.07) is 4.54. The number of halogens is 4. The number of benzene rings is 2. The fourth-order valence-electron chi connectivity index (χ4n) is 3.76. The molecule has 0 aliphatic carbocycles. The van der Waals surface area contributed by atoms with Crippen molar-refractivity contribution in [3.63, 3.8) is 0 Å². The van der Waals surface area contributed by atoms with Crippen molar-refractivity contribution < 1.29 is 33.0 Å². The smallest absolute Gasteiger partial charge is 0.256 e. The van der Waals surface area contributed by atoms with Gasteiger partial charge in [0.05, 0.1) is 30.0 Å². The molecule has 0 spiro atoms. The maximum absolute atomic E-state index is 14.6. The molecular weight excluding hydrogens is 558 g/mol. The summed E-state index contributed by atoms with van der Waals surface area (Å²) < 4.78 is 43.4. The van der Waals surface area contributed by atoms with E-state index < -0.39 is 45.6 Å². The highest BCUT2D eigenvalue weighted by Crippen LogP contribution is 2.36. The Morgan fingerprint density at radius 1 is 1.27 bits per heavy atom. The van der Waals surface area contributed by atoms with E-state index in [0.29, 0.717) is 3.57 Å². The van der Waals surface area contributed by atoms with Gasteiger partial charge < -0.3 is 10.2 Å². The minimum Gasteiger partial charge on any atom is -0.350 e. The molecule has 2 N–H and O–H groups in total. The minimum absolute atomic E-state index is 0.0806. The largest absolute Gasteiger partial charge is 0.350 e. The van der Waals surface area contributed by atoms with Crippen LogP contribution in [-0.2, 0) is 4.89 Å². The van der Waals surface area contributed by atoms with Gasteiger partial charge in [-0.15, -0.1) is 0 Å². The van der Waals surface area contributed by atoms with Gasteiger partial charge in [0.15, 0.2) is 11.6 Å². The molecule has 0 radical (unpaired) electrons. The Morgan fingerprint density at radius 3 is 2.48 bits per heavy atom. The summed E-state index contributed by atoms with van der Waals surface area (Å²) in [5.41, 5.74) is -2.68. The molecule has 1 saturated heterocycles. The number of anilines is 2. The van der Waals surface area contributed by atoms with Gasteiger partial charge in [0, 0.05) is 14.9 Å². The number of nitrogens with one attached hydrogen (secondary N) is 1. The molecule has 1 unspecified atom stereocenters. The number of likely N-dealkylation sites (tertiary alicyclic amines) is 1. The standard InChI is InChI=1S/C21H21F3IN3O5/c1-11(2)7-17(28(30)31)21(33-32)9-27(10-21)20(29)13-4-5-14(22)18(24)19(13)26-16-6-3-12(25)8-15(16)23/h3-6,8,11,17,26,32H,7,9-10H2,1-2H3. The summed E-state index contributed by atoms with van der Waals surface area (Å²) in [6.45, 7) is 2.87. The molecule has 1 atom stereocenters. The third kappa shape index (κ3) is 5.06. The van der Waals surface area contributed by atoms with E-state index >= 15 is 0 Å². The first-order valence-electron chi connectivity index (χ1n) is 9.94. The Bertz CT molecular complexity index is 1080. The number of nitrogens with zero attached hydrogens (tertiary/aromatic N) is 2. The van der Waals surface area contributed by atoms with E-state index in [0.717, 1.165) is 17.0 Å². The van der Waals surface area contributed by atoms with Crippen LogP contribution in [-0.4, -0.2) is 45.7 Å². The van der Waals surface area contributed by atoms with Crippen LogP contribution >= 0.6 is 22.6 Å². The van der Waals surface area contributed by atoms with Crippen molar-refractivity contribution in [1.29, 1.82) is 0 Å². The Hall–Kier alpha value is -2.45. The van der Waals surface area contributed by atoms with Crippen LogP contribution < -0.4 is 5.32 Å². The fourth-order valence-corrected chi connectivity index (χ4v) is 4.21. The van der Waals surface area contributed by atoms with Crippen molar-refractivity contribution in [2.75, 3.05) is 18.4 Å². The lowest BCUT2D eigenvalue weighted by molar-refractivity contribution is -0.571. The minimum atomic E-state index is -1.63. The van der Waals surface area contributed by atoms with Gasteiger partial charge in [-0.25, -0.2) is 18.1 Å². The van der Waals surface area contributed by atoms with Crippen LogP contribution in [0.2, 0.25) is 0 Å². The molecule has 8 nitrogen and oxygen atoms in total. The van der Waals surface area contributed by atoms with Crippen molar-refractivity contribution in [3.8, 4) is 0 Å². The van der Waals surface area contributed by atoms with Crippen LogP contribution in [0.4, 0.5) is 24.5 Å². The second kappa shape index (κ2) is 9.81. The number of rotatable bonds is 8. The van der Waals surface area contributed by atoms with Gasteiger partial charge in [-0.2, -0.15) is 0 Å². The van der Waals surface area contributed by atoms with Gasteiger partial charge in [-0.05, 0) is 58.8 Å². The molecule has 2 aromatic rings. The first-order chi connectivity index (χ1) is 15.5. The van der Waals surface area contributed by atoms with Crippen molar-refractivity contribution in [3.05, 3.63) is 67.0 Å². The number of carbonyl (C=O) groups is 1. The summed E-state index contributed by atoms with van der Waals surface area (Å²) >= 11 is 1.88.